The van der Waals surface area contributed by atoms with Gasteiger partial charge in [0.2, 0.25) is 15.9 Å². The van der Waals surface area contributed by atoms with Crippen molar-refractivity contribution >= 4 is 15.9 Å². The smallest absolute Gasteiger partial charge is 0.223 e. The van der Waals surface area contributed by atoms with E-state index in [1.807, 2.05) is 6.92 Å². The van der Waals surface area contributed by atoms with Gasteiger partial charge in [0, 0.05) is 32.1 Å². The maximum absolute atomic E-state index is 13.5. The highest BCUT2D eigenvalue weighted by Crippen LogP contribution is 2.33. The van der Waals surface area contributed by atoms with E-state index in [4.69, 9.17) is 0 Å². The zero-order valence-corrected chi connectivity index (χ0v) is 15.3. The minimum Gasteiger partial charge on any atom is -0.334 e. The lowest BCUT2D eigenvalue weighted by atomic mass is 9.98. The summed E-state index contributed by atoms with van der Waals surface area (Å²) in [7, 11) is -3.27. The summed E-state index contributed by atoms with van der Waals surface area (Å²) in [5.74, 6) is 0.0117. The number of sulfonamides is 1. The average Bonchev–Trinajstić information content (AvgIpc) is 2.92. The number of fused-ring (bicyclic) bond motifs is 1. The predicted molar refractivity (Wildman–Crippen MR) is 93.7 cm³/mol. The topological polar surface area (TPSA) is 57.7 Å². The predicted octanol–water partition coefficient (Wildman–Crippen LogP) is 2.38. The van der Waals surface area contributed by atoms with Gasteiger partial charge >= 0.3 is 0 Å². The van der Waals surface area contributed by atoms with Crippen LogP contribution in [0.2, 0.25) is 0 Å². The van der Waals surface area contributed by atoms with E-state index in [9.17, 15) is 17.6 Å². The number of amides is 1. The molecule has 0 saturated carbocycles. The van der Waals surface area contributed by atoms with Crippen molar-refractivity contribution in [2.45, 2.75) is 45.2 Å². The van der Waals surface area contributed by atoms with Crippen LogP contribution in [0, 0.1) is 11.7 Å². The van der Waals surface area contributed by atoms with Gasteiger partial charge in [-0.25, -0.2) is 12.8 Å². The van der Waals surface area contributed by atoms with Gasteiger partial charge in [0.1, 0.15) is 5.82 Å². The molecule has 2 saturated heterocycles. The van der Waals surface area contributed by atoms with E-state index in [-0.39, 0.29) is 29.4 Å². The number of likely N-dealkylation sites (tertiary alicyclic amines) is 1. The zero-order chi connectivity index (χ0) is 18.0. The number of hydrogen-bond acceptors (Lipinski definition) is 3. The Balaban J connectivity index is 1.82. The summed E-state index contributed by atoms with van der Waals surface area (Å²) in [6.07, 6.45) is 2.69. The first-order chi connectivity index (χ1) is 11.9. The van der Waals surface area contributed by atoms with E-state index in [0.29, 0.717) is 32.5 Å². The van der Waals surface area contributed by atoms with Gasteiger partial charge in [-0.3, -0.25) is 4.79 Å². The Morgan fingerprint density at radius 3 is 2.80 bits per heavy atom. The molecule has 2 fully saturated rings. The molecule has 2 aliphatic heterocycles. The Hall–Kier alpha value is -1.47. The third kappa shape index (κ3) is 4.03. The lowest BCUT2D eigenvalue weighted by molar-refractivity contribution is -0.133. The molecule has 1 amide bonds. The summed E-state index contributed by atoms with van der Waals surface area (Å²) in [6.45, 7) is 3.03. The Bertz CT molecular complexity index is 738. The molecule has 2 aliphatic rings. The van der Waals surface area contributed by atoms with E-state index >= 15 is 0 Å². The molecular weight excluding hydrogens is 343 g/mol. The maximum atomic E-state index is 13.5. The van der Waals surface area contributed by atoms with Crippen LogP contribution in [-0.4, -0.2) is 48.4 Å². The first kappa shape index (κ1) is 18.3. The molecule has 1 aromatic carbocycles. The van der Waals surface area contributed by atoms with Gasteiger partial charge in [-0.05, 0) is 42.9 Å². The summed E-state index contributed by atoms with van der Waals surface area (Å²) in [4.78, 5) is 14.4. The quantitative estimate of drug-likeness (QED) is 0.802. The second-order valence-electron chi connectivity index (χ2n) is 7.00. The molecule has 0 N–H and O–H groups in total. The van der Waals surface area contributed by atoms with Gasteiger partial charge in [0.25, 0.3) is 0 Å². The second-order valence-corrected chi connectivity index (χ2v) is 9.09. The molecule has 0 spiro atoms. The van der Waals surface area contributed by atoms with Crippen LogP contribution >= 0.6 is 0 Å². The van der Waals surface area contributed by atoms with Gasteiger partial charge in [-0.15, -0.1) is 0 Å². The maximum Gasteiger partial charge on any atom is 0.223 e. The number of halogens is 1. The van der Waals surface area contributed by atoms with Crippen molar-refractivity contribution in [1.82, 2.24) is 9.21 Å². The molecule has 0 aliphatic carbocycles. The number of benzene rings is 1. The Labute approximate surface area is 148 Å². The largest absolute Gasteiger partial charge is 0.334 e. The summed E-state index contributed by atoms with van der Waals surface area (Å²) < 4.78 is 39.9. The van der Waals surface area contributed by atoms with Crippen LogP contribution in [0.3, 0.4) is 0 Å². The third-order valence-corrected chi connectivity index (χ3v) is 7.17. The highest BCUT2D eigenvalue weighted by molar-refractivity contribution is 7.89. The number of rotatable bonds is 5. The van der Waals surface area contributed by atoms with E-state index in [2.05, 4.69) is 0 Å². The van der Waals surface area contributed by atoms with Crippen molar-refractivity contribution in [3.63, 3.8) is 0 Å². The molecule has 0 unspecified atom stereocenters. The molecule has 0 aromatic heterocycles. The molecule has 0 radical (unpaired) electrons. The fourth-order valence-corrected chi connectivity index (χ4v) is 5.52. The molecule has 5 nitrogen and oxygen atoms in total. The van der Waals surface area contributed by atoms with Crippen molar-refractivity contribution in [2.24, 2.45) is 5.92 Å². The molecule has 2 heterocycles. The SMILES string of the molecule is CCCS(=O)(=O)N1C[C@H]2CCCC(=O)N(Cc3cccc(F)c3)[C@H]2C1. The van der Waals surface area contributed by atoms with Crippen molar-refractivity contribution < 1.29 is 17.6 Å². The molecule has 0 bridgehead atoms. The van der Waals surface area contributed by atoms with Crippen LogP contribution in [-0.2, 0) is 21.4 Å². The lowest BCUT2D eigenvalue weighted by Crippen LogP contribution is -2.43. The molecule has 1 aromatic rings. The van der Waals surface area contributed by atoms with Crippen LogP contribution in [0.4, 0.5) is 4.39 Å². The average molecular weight is 368 g/mol. The number of carbonyl (C=O) groups is 1. The van der Waals surface area contributed by atoms with Crippen molar-refractivity contribution in [1.29, 1.82) is 0 Å². The van der Waals surface area contributed by atoms with E-state index in [1.54, 1.807) is 21.3 Å². The van der Waals surface area contributed by atoms with Gasteiger partial charge < -0.3 is 4.90 Å². The lowest BCUT2D eigenvalue weighted by Gasteiger charge is -2.30. The fraction of sp³-hybridized carbons (Fsp3) is 0.611. The standard InChI is InChI=1S/C18H25FN2O3S/c1-2-9-25(23,24)20-12-15-6-4-8-18(22)21(17(15)13-20)11-14-5-3-7-16(19)10-14/h3,5,7,10,15,17H,2,4,6,8-9,11-13H2,1H3/t15-,17+/m1/s1. The Morgan fingerprint density at radius 2 is 2.08 bits per heavy atom. The van der Waals surface area contributed by atoms with E-state index in [0.717, 1.165) is 18.4 Å². The van der Waals surface area contributed by atoms with E-state index < -0.39 is 10.0 Å². The minimum absolute atomic E-state index is 0.0338. The summed E-state index contributed by atoms with van der Waals surface area (Å²) in [5.41, 5.74) is 0.740. The van der Waals surface area contributed by atoms with Crippen LogP contribution in [0.1, 0.15) is 38.2 Å². The highest BCUT2D eigenvalue weighted by Gasteiger charge is 2.43. The minimum atomic E-state index is -3.27. The highest BCUT2D eigenvalue weighted by atomic mass is 32.2. The normalized spacial score (nSPS) is 25.0. The summed E-state index contributed by atoms with van der Waals surface area (Å²) in [6, 6.07) is 6.14. The molecule has 7 heteroatoms. The fourth-order valence-electron chi connectivity index (χ4n) is 3.95. The first-order valence-electron chi connectivity index (χ1n) is 8.92. The zero-order valence-electron chi connectivity index (χ0n) is 14.5. The van der Waals surface area contributed by atoms with Crippen LogP contribution < -0.4 is 0 Å². The summed E-state index contributed by atoms with van der Waals surface area (Å²) >= 11 is 0. The van der Waals surface area contributed by atoms with Crippen LogP contribution in [0.5, 0.6) is 0 Å². The van der Waals surface area contributed by atoms with Gasteiger partial charge in [0.05, 0.1) is 5.75 Å². The van der Waals surface area contributed by atoms with Crippen LogP contribution in [0.25, 0.3) is 0 Å². The van der Waals surface area contributed by atoms with Gasteiger partial charge in [-0.1, -0.05) is 19.1 Å². The van der Waals surface area contributed by atoms with Gasteiger partial charge in [-0.2, -0.15) is 4.31 Å². The van der Waals surface area contributed by atoms with Crippen molar-refractivity contribution in [3.05, 3.63) is 35.6 Å². The van der Waals surface area contributed by atoms with Crippen LogP contribution in [0.15, 0.2) is 24.3 Å². The number of carbonyl (C=O) groups excluding carboxylic acids is 1. The monoisotopic (exact) mass is 368 g/mol. The molecule has 138 valence electrons. The molecule has 25 heavy (non-hydrogen) atoms. The number of hydrogen-bond donors (Lipinski definition) is 0. The van der Waals surface area contributed by atoms with Gasteiger partial charge in [0.15, 0.2) is 0 Å². The Morgan fingerprint density at radius 1 is 1.28 bits per heavy atom. The molecular formula is C18H25FN2O3S. The molecule has 2 atom stereocenters. The summed E-state index contributed by atoms with van der Waals surface area (Å²) in [5, 5.41) is 0. The second kappa shape index (κ2) is 7.41. The van der Waals surface area contributed by atoms with Crippen molar-refractivity contribution in [2.75, 3.05) is 18.8 Å². The van der Waals surface area contributed by atoms with Crippen molar-refractivity contribution in [3.8, 4) is 0 Å². The Kier molecular flexibility index (Phi) is 5.43. The van der Waals surface area contributed by atoms with E-state index in [1.165, 1.54) is 12.1 Å². The third-order valence-electron chi connectivity index (χ3n) is 5.16. The number of nitrogens with zero attached hydrogens (tertiary/aromatic N) is 2. The molecule has 3 rings (SSSR count). The first-order valence-corrected chi connectivity index (χ1v) is 10.5.